The van der Waals surface area contributed by atoms with E-state index in [4.69, 9.17) is 32.3 Å². The summed E-state index contributed by atoms with van der Waals surface area (Å²) in [4.78, 5) is 58.8. The van der Waals surface area contributed by atoms with Gasteiger partial charge in [0, 0.05) is 19.3 Å². The molecule has 105 heavy (non-hydrogen) atoms. The number of phosphoric ester groups is 2. The van der Waals surface area contributed by atoms with Crippen LogP contribution in [0.15, 0.2) is 194 Å². The summed E-state index contributed by atoms with van der Waals surface area (Å²) in [5, 5.41) is 20.6. The van der Waals surface area contributed by atoms with E-state index in [1.165, 1.54) is 25.7 Å². The van der Waals surface area contributed by atoms with Crippen molar-refractivity contribution in [2.75, 3.05) is 39.6 Å². The molecule has 5 atom stereocenters. The predicted octanol–water partition coefficient (Wildman–Crippen LogP) is 23.5. The van der Waals surface area contributed by atoms with E-state index in [2.05, 4.69) is 215 Å². The van der Waals surface area contributed by atoms with Crippen molar-refractivity contribution >= 4 is 33.6 Å². The monoisotopic (exact) mass is 1500 g/mol. The number of hydrogen-bond acceptors (Lipinski definition) is 14. The van der Waals surface area contributed by atoms with Crippen molar-refractivity contribution < 1.29 is 75.8 Å². The van der Waals surface area contributed by atoms with Crippen molar-refractivity contribution in [2.24, 2.45) is 0 Å². The van der Waals surface area contributed by atoms with Crippen LogP contribution in [0.4, 0.5) is 0 Å². The number of unbranched alkanes of at least 4 members (excludes halogenated alkanes) is 18. The molecule has 16 nitrogen and oxygen atoms in total. The molecule has 0 aromatic rings. The van der Waals surface area contributed by atoms with Crippen LogP contribution in [0.25, 0.3) is 0 Å². The maximum absolute atomic E-state index is 13.0. The number of rotatable bonds is 73. The fourth-order valence-corrected chi connectivity index (χ4v) is 11.4. The van der Waals surface area contributed by atoms with Crippen molar-refractivity contribution in [3.05, 3.63) is 194 Å². The van der Waals surface area contributed by atoms with Crippen LogP contribution in [0.2, 0.25) is 0 Å². The number of hydrogen-bond donors (Lipinski definition) is 4. The van der Waals surface area contributed by atoms with Crippen LogP contribution < -0.4 is 0 Å². The molecule has 0 rings (SSSR count). The van der Waals surface area contributed by atoms with Crippen LogP contribution >= 0.6 is 15.6 Å². The highest BCUT2D eigenvalue weighted by Gasteiger charge is 2.29. The van der Waals surface area contributed by atoms with Gasteiger partial charge in [-0.1, -0.05) is 286 Å². The Balaban J connectivity index is 4.81. The molecule has 0 saturated carbocycles. The van der Waals surface area contributed by atoms with Gasteiger partial charge in [0.1, 0.15) is 25.4 Å². The number of phosphoric acid groups is 2. The van der Waals surface area contributed by atoms with Crippen LogP contribution in [0.1, 0.15) is 278 Å². The van der Waals surface area contributed by atoms with Crippen molar-refractivity contribution in [3.63, 3.8) is 0 Å². The Hall–Kier alpha value is -5.61. The Morgan fingerprint density at radius 2 is 0.505 bits per heavy atom. The summed E-state index contributed by atoms with van der Waals surface area (Å²) in [6.07, 6.45) is 102. The summed E-state index contributed by atoms with van der Waals surface area (Å²) < 4.78 is 61.2. The van der Waals surface area contributed by atoms with Gasteiger partial charge in [-0.05, 0) is 167 Å². The van der Waals surface area contributed by atoms with Crippen LogP contribution in [-0.4, -0.2) is 95.9 Å². The number of esters is 3. The van der Waals surface area contributed by atoms with E-state index in [0.717, 1.165) is 193 Å². The highest BCUT2D eigenvalue weighted by atomic mass is 31.2. The van der Waals surface area contributed by atoms with Crippen molar-refractivity contribution in [2.45, 2.75) is 296 Å². The number of allylic oxidation sites excluding steroid dienone is 32. The van der Waals surface area contributed by atoms with Gasteiger partial charge in [-0.2, -0.15) is 0 Å². The van der Waals surface area contributed by atoms with E-state index in [-0.39, 0.29) is 19.3 Å². The molecule has 0 radical (unpaired) electrons. The van der Waals surface area contributed by atoms with Gasteiger partial charge >= 0.3 is 33.6 Å². The van der Waals surface area contributed by atoms with E-state index in [1.54, 1.807) is 0 Å². The molecule has 0 spiro atoms. The summed E-state index contributed by atoms with van der Waals surface area (Å²) in [5.74, 6) is -1.65. The first-order chi connectivity index (χ1) is 51.2. The van der Waals surface area contributed by atoms with Gasteiger partial charge in [0.05, 0.1) is 26.4 Å². The van der Waals surface area contributed by atoms with Crippen LogP contribution in [-0.2, 0) is 55.8 Å². The molecule has 5 unspecified atom stereocenters. The number of aliphatic hydroxyl groups excluding tert-OH is 2. The third-order valence-electron chi connectivity index (χ3n) is 15.8. The average molecular weight is 1500 g/mol. The second-order valence-electron chi connectivity index (χ2n) is 25.7. The molecule has 0 aliphatic carbocycles. The molecule has 0 bridgehead atoms. The topological polar surface area (TPSA) is 231 Å². The van der Waals surface area contributed by atoms with Gasteiger partial charge in [0.25, 0.3) is 0 Å². The number of aliphatic hydroxyl groups is 2. The van der Waals surface area contributed by atoms with Gasteiger partial charge in [-0.25, -0.2) is 9.13 Å². The Kier molecular flexibility index (Phi) is 73.8. The second kappa shape index (κ2) is 78.0. The minimum atomic E-state index is -4.96. The average Bonchev–Trinajstić information content (AvgIpc) is 0.962. The first-order valence-corrected chi connectivity index (χ1v) is 42.7. The predicted molar refractivity (Wildman–Crippen MR) is 435 cm³/mol. The van der Waals surface area contributed by atoms with Gasteiger partial charge in [-0.3, -0.25) is 32.5 Å². The standard InChI is InChI=1S/C87H140O16P2/c1-4-7-10-13-16-19-22-25-28-31-34-37-40-43-46-49-52-55-58-61-64-67-70-73-85(90)97-76-82(88)77-99-104(93,94)100-78-83(89)79-101-105(95,96)102-81-84(103-87(92)75-72-69-66-63-60-57-54-51-48-45-42-39-36-33-30-27-24-21-18-15-12-9-6-3)80-98-86(91)74-71-68-65-62-59-56-53-50-47-44-41-38-35-32-29-26-23-20-17-14-11-8-5-2/h7-8,10-11,16-21,25-30,34-39,43-48,52-53,55-56,82-84,88-89H,4-6,9,12-15,22-24,31-33,40-42,49-51,54,57-81H2,1-3H3,(H,93,94)(H,95,96)/b10-7-,11-8-,19-16-,20-17-,21-18-,28-25-,29-26-,30-27-,37-34-,38-35-,39-36-,46-43-,47-44-,48-45-,55-52-,56-53-. The zero-order valence-corrected chi connectivity index (χ0v) is 66.6. The molecule has 0 aromatic carbocycles. The van der Waals surface area contributed by atoms with E-state index < -0.39 is 91.5 Å². The summed E-state index contributed by atoms with van der Waals surface area (Å²) in [7, 11) is -9.83. The molecule has 0 aromatic heterocycles. The van der Waals surface area contributed by atoms with Crippen LogP contribution in [0.5, 0.6) is 0 Å². The SMILES string of the molecule is CC/C=C\C/C=C\C/C=C\C/C=C\C/C=C\C/C=C\CCCCCCC(=O)OCC(O)COP(=O)(O)OCC(O)COP(=O)(O)OCC(COC(=O)CCCCCC/C=C\C/C=C\C/C=C\C/C=C\C/C=C\C/C=C\CC)OC(=O)CCCCCCCCC/C=C\C/C=C\C/C=C\C/C=C\CCCCC. The lowest BCUT2D eigenvalue weighted by Gasteiger charge is -2.21. The van der Waals surface area contributed by atoms with Crippen LogP contribution in [0, 0.1) is 0 Å². The lowest BCUT2D eigenvalue weighted by atomic mass is 10.1. The van der Waals surface area contributed by atoms with Gasteiger partial charge in [0.2, 0.25) is 0 Å². The summed E-state index contributed by atoms with van der Waals surface area (Å²) in [5.41, 5.74) is 0. The van der Waals surface area contributed by atoms with E-state index in [1.807, 2.05) is 0 Å². The Morgan fingerprint density at radius 3 is 0.800 bits per heavy atom. The highest BCUT2D eigenvalue weighted by Crippen LogP contribution is 2.45. The maximum Gasteiger partial charge on any atom is 0.472 e. The minimum Gasteiger partial charge on any atom is -0.463 e. The minimum absolute atomic E-state index is 0.0769. The summed E-state index contributed by atoms with van der Waals surface area (Å²) in [6, 6.07) is 0. The maximum atomic E-state index is 13.0. The first-order valence-electron chi connectivity index (χ1n) is 39.7. The highest BCUT2D eigenvalue weighted by molar-refractivity contribution is 7.47. The molecular weight excluding hydrogens is 1360 g/mol. The lowest BCUT2D eigenvalue weighted by Crippen LogP contribution is -2.30. The van der Waals surface area contributed by atoms with E-state index >= 15 is 0 Å². The molecule has 18 heteroatoms. The van der Waals surface area contributed by atoms with Crippen LogP contribution in [0.3, 0.4) is 0 Å². The molecule has 0 saturated heterocycles. The van der Waals surface area contributed by atoms with E-state index in [9.17, 15) is 43.5 Å². The second-order valence-corrected chi connectivity index (χ2v) is 28.7. The Bertz CT molecular complexity index is 2690. The smallest absolute Gasteiger partial charge is 0.463 e. The molecule has 4 N–H and O–H groups in total. The Morgan fingerprint density at radius 1 is 0.276 bits per heavy atom. The number of carbonyl (C=O) groups excluding carboxylic acids is 3. The lowest BCUT2D eigenvalue weighted by molar-refractivity contribution is -0.161. The zero-order chi connectivity index (χ0) is 76.6. The third kappa shape index (κ3) is 79.3. The third-order valence-corrected chi connectivity index (χ3v) is 17.7. The number of carbonyl (C=O) groups is 3. The fourth-order valence-electron chi connectivity index (χ4n) is 9.79. The summed E-state index contributed by atoms with van der Waals surface area (Å²) in [6.45, 7) is 2.33. The fraction of sp³-hybridized carbons (Fsp3) is 0.598. The Labute approximate surface area is 636 Å². The van der Waals surface area contributed by atoms with Gasteiger partial charge in [-0.15, -0.1) is 0 Å². The molecule has 0 fully saturated rings. The first kappa shape index (κ1) is 99.4. The zero-order valence-electron chi connectivity index (χ0n) is 64.8. The molecule has 0 aliphatic heterocycles. The van der Waals surface area contributed by atoms with Crippen molar-refractivity contribution in [3.8, 4) is 0 Å². The van der Waals surface area contributed by atoms with Crippen molar-refractivity contribution in [1.82, 2.24) is 0 Å². The molecular formula is C87H140O16P2. The quantitative estimate of drug-likeness (QED) is 0.0146. The normalized spacial score (nSPS) is 15.0. The van der Waals surface area contributed by atoms with Crippen molar-refractivity contribution in [1.29, 1.82) is 0 Å². The van der Waals surface area contributed by atoms with Gasteiger partial charge < -0.3 is 34.2 Å². The van der Waals surface area contributed by atoms with Gasteiger partial charge in [0.15, 0.2) is 6.10 Å². The van der Waals surface area contributed by atoms with E-state index in [0.29, 0.717) is 19.3 Å². The molecule has 0 aliphatic rings. The largest absolute Gasteiger partial charge is 0.472 e. The molecule has 0 heterocycles. The number of ether oxygens (including phenoxy) is 3. The summed E-state index contributed by atoms with van der Waals surface area (Å²) >= 11 is 0. The molecule has 0 amide bonds. The molecule has 594 valence electrons.